The molecule has 4 aromatic rings. The molecule has 0 bridgehead atoms. The van der Waals surface area contributed by atoms with Crippen LogP contribution < -0.4 is 5.32 Å². The number of fused-ring (bicyclic) bond motifs is 1. The van der Waals surface area contributed by atoms with E-state index in [1.165, 1.54) is 23.1 Å². The van der Waals surface area contributed by atoms with Crippen LogP contribution in [0.5, 0.6) is 0 Å². The number of rotatable bonds is 6. The first kappa shape index (κ1) is 16.9. The number of thioether (sulfide) groups is 1. The van der Waals surface area contributed by atoms with Gasteiger partial charge in [-0.3, -0.25) is 4.79 Å². The van der Waals surface area contributed by atoms with Gasteiger partial charge in [0, 0.05) is 5.38 Å². The second kappa shape index (κ2) is 7.35. The zero-order valence-electron chi connectivity index (χ0n) is 13.9. The van der Waals surface area contributed by atoms with Gasteiger partial charge in [0.25, 0.3) is 11.1 Å². The molecule has 1 amide bonds. The van der Waals surface area contributed by atoms with Gasteiger partial charge in [-0.05, 0) is 36.8 Å². The molecule has 0 fully saturated rings. The molecule has 0 saturated heterocycles. The number of nitrogens with zero attached hydrogens (tertiary/aromatic N) is 2. The molecule has 6 nitrogen and oxygen atoms in total. The second-order valence-electron chi connectivity index (χ2n) is 5.63. The van der Waals surface area contributed by atoms with Crippen molar-refractivity contribution in [1.29, 1.82) is 0 Å². The topological polar surface area (TPSA) is 81.2 Å². The summed E-state index contributed by atoms with van der Waals surface area (Å²) in [6, 6.07) is 9.51. The van der Waals surface area contributed by atoms with Crippen molar-refractivity contribution in [2.24, 2.45) is 0 Å². The molecule has 132 valence electrons. The molecular formula is C18H15N3O3S2. The van der Waals surface area contributed by atoms with Crippen LogP contribution in [0.3, 0.4) is 0 Å². The number of amides is 1. The van der Waals surface area contributed by atoms with E-state index in [1.807, 2.05) is 31.2 Å². The Labute approximate surface area is 157 Å². The largest absolute Gasteiger partial charge is 0.467 e. The monoisotopic (exact) mass is 385 g/mol. The van der Waals surface area contributed by atoms with Crippen molar-refractivity contribution in [2.45, 2.75) is 24.4 Å². The van der Waals surface area contributed by atoms with Crippen molar-refractivity contribution in [2.75, 3.05) is 0 Å². The van der Waals surface area contributed by atoms with E-state index >= 15 is 0 Å². The maximum atomic E-state index is 12.1. The molecular weight excluding hydrogens is 370 g/mol. The van der Waals surface area contributed by atoms with Gasteiger partial charge < -0.3 is 14.2 Å². The first-order valence-corrected chi connectivity index (χ1v) is 9.79. The van der Waals surface area contributed by atoms with Crippen molar-refractivity contribution < 1.29 is 13.6 Å². The third-order valence-corrected chi connectivity index (χ3v) is 5.50. The van der Waals surface area contributed by atoms with Crippen LogP contribution in [0.15, 0.2) is 56.0 Å². The Bertz CT molecular complexity index is 1040. The number of carbonyl (C=O) groups is 1. The molecule has 0 radical (unpaired) electrons. The highest BCUT2D eigenvalue weighted by Gasteiger charge is 2.13. The van der Waals surface area contributed by atoms with Crippen LogP contribution in [0.2, 0.25) is 0 Å². The van der Waals surface area contributed by atoms with E-state index in [-0.39, 0.29) is 5.91 Å². The quantitative estimate of drug-likeness (QED) is 0.495. The highest BCUT2D eigenvalue weighted by molar-refractivity contribution is 7.98. The summed E-state index contributed by atoms with van der Waals surface area (Å²) in [4.78, 5) is 21.0. The van der Waals surface area contributed by atoms with Crippen molar-refractivity contribution in [3.05, 3.63) is 64.0 Å². The molecule has 1 N–H and O–H groups in total. The van der Waals surface area contributed by atoms with E-state index in [9.17, 15) is 4.79 Å². The summed E-state index contributed by atoms with van der Waals surface area (Å²) in [5.41, 5.74) is 3.18. The number of aromatic nitrogens is 2. The van der Waals surface area contributed by atoms with E-state index in [4.69, 9.17) is 8.83 Å². The van der Waals surface area contributed by atoms with Gasteiger partial charge in [-0.2, -0.15) is 0 Å². The number of furan rings is 1. The summed E-state index contributed by atoms with van der Waals surface area (Å²) in [5.74, 6) is 1.09. The predicted octanol–water partition coefficient (Wildman–Crippen LogP) is 4.41. The van der Waals surface area contributed by atoms with Gasteiger partial charge in [-0.15, -0.1) is 11.3 Å². The Morgan fingerprint density at radius 2 is 2.23 bits per heavy atom. The number of hydrogen-bond donors (Lipinski definition) is 1. The number of aryl methyl sites for hydroxylation is 1. The van der Waals surface area contributed by atoms with Crippen molar-refractivity contribution >= 4 is 40.1 Å². The highest BCUT2D eigenvalue weighted by Crippen LogP contribution is 2.27. The van der Waals surface area contributed by atoms with Crippen LogP contribution in [-0.2, 0) is 12.3 Å². The minimum atomic E-state index is -0.216. The van der Waals surface area contributed by atoms with Crippen molar-refractivity contribution in [3.8, 4) is 0 Å². The Hall–Kier alpha value is -2.58. The predicted molar refractivity (Wildman–Crippen MR) is 100 cm³/mol. The molecule has 0 aliphatic heterocycles. The highest BCUT2D eigenvalue weighted by atomic mass is 32.2. The van der Waals surface area contributed by atoms with Gasteiger partial charge in [-0.25, -0.2) is 9.97 Å². The Kier molecular flexibility index (Phi) is 4.77. The van der Waals surface area contributed by atoms with Gasteiger partial charge in [-0.1, -0.05) is 17.8 Å². The Morgan fingerprint density at radius 1 is 1.31 bits per heavy atom. The summed E-state index contributed by atoms with van der Waals surface area (Å²) in [5, 5.41) is 5.98. The molecule has 0 atom stereocenters. The molecule has 0 aliphatic carbocycles. The maximum Gasteiger partial charge on any atom is 0.271 e. The molecule has 0 spiro atoms. The number of hydrogen-bond acceptors (Lipinski definition) is 7. The first-order chi connectivity index (χ1) is 12.7. The Balaban J connectivity index is 1.35. The van der Waals surface area contributed by atoms with Crippen LogP contribution in [0.1, 0.15) is 26.8 Å². The van der Waals surface area contributed by atoms with Crippen LogP contribution in [0.4, 0.5) is 0 Å². The Morgan fingerprint density at radius 3 is 3.08 bits per heavy atom. The number of nitrogens with one attached hydrogen (secondary N) is 1. The fraction of sp³-hybridized carbons (Fsp3) is 0.167. The van der Waals surface area contributed by atoms with E-state index in [0.717, 1.165) is 21.7 Å². The molecule has 26 heavy (non-hydrogen) atoms. The zero-order chi connectivity index (χ0) is 17.9. The van der Waals surface area contributed by atoms with E-state index < -0.39 is 0 Å². The van der Waals surface area contributed by atoms with Crippen LogP contribution >= 0.6 is 23.1 Å². The van der Waals surface area contributed by atoms with Crippen molar-refractivity contribution in [3.63, 3.8) is 0 Å². The lowest BCUT2D eigenvalue weighted by Gasteiger charge is -1.99. The second-order valence-corrected chi connectivity index (χ2v) is 7.50. The fourth-order valence-electron chi connectivity index (χ4n) is 2.35. The normalized spacial score (nSPS) is 11.1. The average molecular weight is 385 g/mol. The lowest BCUT2D eigenvalue weighted by molar-refractivity contribution is 0.0943. The SMILES string of the molecule is Cc1ccc2oc(SCc3nc(C(=O)NCc4ccco4)cs3)nc2c1. The van der Waals surface area contributed by atoms with Crippen molar-refractivity contribution in [1.82, 2.24) is 15.3 Å². The molecule has 1 aromatic carbocycles. The van der Waals surface area contributed by atoms with Crippen LogP contribution in [0, 0.1) is 6.92 Å². The van der Waals surface area contributed by atoms with Gasteiger partial charge in [0.1, 0.15) is 22.0 Å². The average Bonchev–Trinajstić information content (AvgIpc) is 3.37. The minimum Gasteiger partial charge on any atom is -0.467 e. The summed E-state index contributed by atoms with van der Waals surface area (Å²) in [6.07, 6.45) is 1.58. The van der Waals surface area contributed by atoms with Gasteiger partial charge in [0.2, 0.25) is 0 Å². The molecule has 8 heteroatoms. The number of benzene rings is 1. The lowest BCUT2D eigenvalue weighted by Crippen LogP contribution is -2.22. The smallest absolute Gasteiger partial charge is 0.271 e. The van der Waals surface area contributed by atoms with Gasteiger partial charge >= 0.3 is 0 Å². The van der Waals surface area contributed by atoms with Crippen LogP contribution in [0.25, 0.3) is 11.1 Å². The molecule has 0 aliphatic rings. The summed E-state index contributed by atoms with van der Waals surface area (Å²) in [6.45, 7) is 2.37. The molecule has 3 aromatic heterocycles. The summed E-state index contributed by atoms with van der Waals surface area (Å²) in [7, 11) is 0. The van der Waals surface area contributed by atoms with Gasteiger partial charge in [0.15, 0.2) is 5.58 Å². The zero-order valence-corrected chi connectivity index (χ0v) is 15.5. The maximum absolute atomic E-state index is 12.1. The summed E-state index contributed by atoms with van der Waals surface area (Å²) < 4.78 is 10.9. The molecule has 0 saturated carbocycles. The number of oxazole rings is 1. The van der Waals surface area contributed by atoms with Crippen LogP contribution in [-0.4, -0.2) is 15.9 Å². The van der Waals surface area contributed by atoms with E-state index in [0.29, 0.717) is 29.0 Å². The van der Waals surface area contributed by atoms with E-state index in [1.54, 1.807) is 17.7 Å². The minimum absolute atomic E-state index is 0.216. The standard InChI is InChI=1S/C18H15N3O3S2/c1-11-4-5-15-13(7-11)21-18(24-15)26-10-16-20-14(9-25-16)17(22)19-8-12-3-2-6-23-12/h2-7,9H,8,10H2,1H3,(H,19,22). The third-order valence-electron chi connectivity index (χ3n) is 3.63. The fourth-order valence-corrected chi connectivity index (χ4v) is 3.98. The summed E-state index contributed by atoms with van der Waals surface area (Å²) >= 11 is 2.91. The lowest BCUT2D eigenvalue weighted by atomic mass is 10.2. The van der Waals surface area contributed by atoms with E-state index in [2.05, 4.69) is 15.3 Å². The number of thiazole rings is 1. The molecule has 4 rings (SSSR count). The van der Waals surface area contributed by atoms with Gasteiger partial charge in [0.05, 0.1) is 18.6 Å². The molecule has 3 heterocycles. The number of carbonyl (C=O) groups excluding carboxylic acids is 1. The third kappa shape index (κ3) is 3.81. The molecule has 0 unspecified atom stereocenters. The first-order valence-electron chi connectivity index (χ1n) is 7.92.